The third-order valence-corrected chi connectivity index (χ3v) is 12.0. The van der Waals surface area contributed by atoms with E-state index in [-0.39, 0.29) is 5.41 Å². The Bertz CT molecular complexity index is 1320. The quantitative estimate of drug-likeness (QED) is 0.199. The Morgan fingerprint density at radius 1 is 0.610 bits per heavy atom. The second kappa shape index (κ2) is 11.7. The number of hydrogen-bond donors (Lipinski definition) is 0. The van der Waals surface area contributed by atoms with Crippen molar-refractivity contribution in [1.29, 1.82) is 0 Å². The summed E-state index contributed by atoms with van der Waals surface area (Å²) in [5.41, 5.74) is 14.1. The van der Waals surface area contributed by atoms with Gasteiger partial charge in [0.1, 0.15) is 0 Å². The summed E-state index contributed by atoms with van der Waals surface area (Å²) in [7, 11) is 0. The average Bonchev–Trinajstić information content (AvgIpc) is 3.19. The first-order chi connectivity index (χ1) is 20.1. The van der Waals surface area contributed by atoms with Crippen molar-refractivity contribution in [2.45, 2.75) is 128 Å². The van der Waals surface area contributed by atoms with Crippen LogP contribution in [0, 0.1) is 31.6 Å². The molecule has 0 heteroatoms. The van der Waals surface area contributed by atoms with Crippen molar-refractivity contribution >= 4 is 0 Å². The number of unbranched alkanes of at least 4 members (excludes halogenated alkanes) is 4. The van der Waals surface area contributed by atoms with Gasteiger partial charge in [-0.05, 0) is 135 Å². The molecule has 3 aromatic carbocycles. The molecule has 2 fully saturated rings. The maximum atomic E-state index is 2.56. The van der Waals surface area contributed by atoms with Crippen molar-refractivity contribution in [3.63, 3.8) is 0 Å². The van der Waals surface area contributed by atoms with Gasteiger partial charge < -0.3 is 0 Å². The fourth-order valence-corrected chi connectivity index (χ4v) is 9.35. The maximum Gasteiger partial charge on any atom is 0.0215 e. The predicted octanol–water partition coefficient (Wildman–Crippen LogP) is 11.2. The molecule has 0 N–H and O–H groups in total. The molecule has 0 amide bonds. The normalized spacial score (nSPS) is 23.1. The molecule has 3 atom stereocenters. The number of rotatable bonds is 12. The van der Waals surface area contributed by atoms with Crippen LogP contribution < -0.4 is 0 Å². The summed E-state index contributed by atoms with van der Waals surface area (Å²) in [5.74, 6) is 3.25. The van der Waals surface area contributed by atoms with E-state index >= 15 is 0 Å². The average molecular weight is 545 g/mol. The van der Waals surface area contributed by atoms with Crippen LogP contribution in [0.5, 0.6) is 0 Å². The molecule has 0 radical (unpaired) electrons. The first-order valence-electron chi connectivity index (χ1n) is 17.4. The van der Waals surface area contributed by atoms with Crippen molar-refractivity contribution in [2.24, 2.45) is 17.8 Å². The summed E-state index contributed by atoms with van der Waals surface area (Å²) in [4.78, 5) is 0. The second-order valence-electron chi connectivity index (χ2n) is 14.7. The van der Waals surface area contributed by atoms with Crippen molar-refractivity contribution < 1.29 is 0 Å². The maximum absolute atomic E-state index is 2.56. The molecule has 4 aliphatic carbocycles. The van der Waals surface area contributed by atoms with Gasteiger partial charge in [0, 0.05) is 5.41 Å². The SMILES string of the molecule is Cc1ccc2c(c1)C(CCCCCc1ccc3c(c1)CC3)(CCCCCC1CCC3CCC3C1)c1cc(C)ccc1-2. The zero-order valence-electron chi connectivity index (χ0n) is 25.9. The largest absolute Gasteiger partial charge is 0.0588 e. The van der Waals surface area contributed by atoms with Crippen LogP contribution in [0.4, 0.5) is 0 Å². The van der Waals surface area contributed by atoms with E-state index in [0.717, 1.165) is 17.8 Å². The van der Waals surface area contributed by atoms with E-state index in [4.69, 9.17) is 0 Å². The van der Waals surface area contributed by atoms with Crippen LogP contribution in [0.2, 0.25) is 0 Å². The topological polar surface area (TPSA) is 0 Å². The van der Waals surface area contributed by atoms with Gasteiger partial charge in [0.05, 0.1) is 0 Å². The second-order valence-corrected chi connectivity index (χ2v) is 14.7. The Morgan fingerprint density at radius 2 is 1.27 bits per heavy atom. The minimum atomic E-state index is 0.197. The smallest absolute Gasteiger partial charge is 0.0215 e. The van der Waals surface area contributed by atoms with Gasteiger partial charge in [0.2, 0.25) is 0 Å². The number of benzene rings is 3. The molecule has 3 aromatic rings. The molecule has 0 aliphatic heterocycles. The lowest BCUT2D eigenvalue weighted by Gasteiger charge is -2.44. The third-order valence-electron chi connectivity index (χ3n) is 12.0. The minimum Gasteiger partial charge on any atom is -0.0588 e. The lowest BCUT2D eigenvalue weighted by molar-refractivity contribution is 0.0756. The van der Waals surface area contributed by atoms with Gasteiger partial charge in [-0.25, -0.2) is 0 Å². The fourth-order valence-electron chi connectivity index (χ4n) is 9.35. The summed E-state index contributed by atoms with van der Waals surface area (Å²) < 4.78 is 0. The van der Waals surface area contributed by atoms with E-state index in [1.165, 1.54) is 125 Å². The summed E-state index contributed by atoms with van der Waals surface area (Å²) in [5, 5.41) is 0. The van der Waals surface area contributed by atoms with Gasteiger partial charge in [0.15, 0.2) is 0 Å². The molecule has 0 spiro atoms. The molecule has 2 saturated carbocycles. The van der Waals surface area contributed by atoms with Crippen LogP contribution in [-0.4, -0.2) is 0 Å². The summed E-state index contributed by atoms with van der Waals surface area (Å²) in [6.07, 6.45) is 23.8. The van der Waals surface area contributed by atoms with Gasteiger partial charge in [-0.2, -0.15) is 0 Å². The van der Waals surface area contributed by atoms with Gasteiger partial charge in [-0.1, -0.05) is 111 Å². The molecule has 0 saturated heterocycles. The highest BCUT2D eigenvalue weighted by Crippen LogP contribution is 2.55. The number of fused-ring (bicyclic) bond motifs is 5. The molecule has 0 heterocycles. The van der Waals surface area contributed by atoms with E-state index in [0.29, 0.717) is 0 Å². The highest BCUT2D eigenvalue weighted by molar-refractivity contribution is 5.81. The van der Waals surface area contributed by atoms with E-state index in [2.05, 4.69) is 68.4 Å². The summed E-state index contributed by atoms with van der Waals surface area (Å²) in [6.45, 7) is 4.59. The molecule has 7 rings (SSSR count). The zero-order chi connectivity index (χ0) is 27.8. The van der Waals surface area contributed by atoms with Crippen LogP contribution in [0.15, 0.2) is 54.6 Å². The van der Waals surface area contributed by atoms with Crippen LogP contribution in [-0.2, 0) is 24.7 Å². The Hall–Kier alpha value is -2.34. The highest BCUT2D eigenvalue weighted by atomic mass is 14.5. The summed E-state index contributed by atoms with van der Waals surface area (Å²) >= 11 is 0. The van der Waals surface area contributed by atoms with Crippen LogP contribution in [0.1, 0.15) is 129 Å². The molecule has 41 heavy (non-hydrogen) atoms. The molecule has 0 bridgehead atoms. The van der Waals surface area contributed by atoms with Crippen molar-refractivity contribution in [3.05, 3.63) is 93.5 Å². The van der Waals surface area contributed by atoms with E-state index in [1.807, 2.05) is 0 Å². The van der Waals surface area contributed by atoms with Crippen LogP contribution >= 0.6 is 0 Å². The fraction of sp³-hybridized carbons (Fsp3) is 0.561. The lowest BCUT2D eigenvalue weighted by Crippen LogP contribution is -2.32. The molecule has 4 aliphatic rings. The molecular weight excluding hydrogens is 492 g/mol. The molecular formula is C41H52. The van der Waals surface area contributed by atoms with Gasteiger partial charge in [-0.3, -0.25) is 0 Å². The number of aryl methyl sites for hydroxylation is 5. The van der Waals surface area contributed by atoms with E-state index in [9.17, 15) is 0 Å². The minimum absolute atomic E-state index is 0.197. The monoisotopic (exact) mass is 544 g/mol. The lowest BCUT2D eigenvalue weighted by atomic mass is 9.62. The predicted molar refractivity (Wildman–Crippen MR) is 175 cm³/mol. The Kier molecular flexibility index (Phi) is 7.87. The van der Waals surface area contributed by atoms with Gasteiger partial charge in [0.25, 0.3) is 0 Å². The number of hydrogen-bond acceptors (Lipinski definition) is 0. The van der Waals surface area contributed by atoms with Crippen molar-refractivity contribution in [2.75, 3.05) is 0 Å². The summed E-state index contributed by atoms with van der Waals surface area (Å²) in [6, 6.07) is 21.9. The van der Waals surface area contributed by atoms with Crippen molar-refractivity contribution in [1.82, 2.24) is 0 Å². The Morgan fingerprint density at radius 3 is 1.88 bits per heavy atom. The Labute approximate surface area is 250 Å². The first kappa shape index (κ1) is 27.5. The van der Waals surface area contributed by atoms with E-state index in [1.54, 1.807) is 34.2 Å². The molecule has 3 unspecified atom stereocenters. The van der Waals surface area contributed by atoms with E-state index < -0.39 is 0 Å². The van der Waals surface area contributed by atoms with Gasteiger partial charge >= 0.3 is 0 Å². The molecule has 216 valence electrons. The highest BCUT2D eigenvalue weighted by Gasteiger charge is 2.42. The third kappa shape index (κ3) is 5.46. The molecule has 0 aromatic heterocycles. The first-order valence-corrected chi connectivity index (χ1v) is 17.4. The van der Waals surface area contributed by atoms with Crippen LogP contribution in [0.3, 0.4) is 0 Å². The van der Waals surface area contributed by atoms with Crippen molar-refractivity contribution in [3.8, 4) is 11.1 Å². The van der Waals surface area contributed by atoms with Crippen LogP contribution in [0.25, 0.3) is 11.1 Å². The zero-order valence-corrected chi connectivity index (χ0v) is 25.9. The standard InChI is InChI=1S/C41H52/c1-29-11-21-37-38-22-12-30(2)26-40(38)41(39(37)25-29,23-7-3-5-9-31-13-15-33-17-19-35(33)27-31)24-8-4-6-10-32-14-16-34-18-20-36(34)28-32/h11-13,15,21-22,25-27,32,34,36H,3-10,14,16-20,23-24,28H2,1-2H3. The molecule has 0 nitrogen and oxygen atoms in total. The Balaban J connectivity index is 1.03. The van der Waals surface area contributed by atoms with Gasteiger partial charge in [-0.15, -0.1) is 0 Å².